The van der Waals surface area contributed by atoms with Gasteiger partial charge in [-0.25, -0.2) is 0 Å². The molecule has 2 saturated heterocycles. The lowest BCUT2D eigenvalue weighted by Crippen LogP contribution is -2.30. The van der Waals surface area contributed by atoms with Crippen molar-refractivity contribution in [3.05, 3.63) is 0 Å². The van der Waals surface area contributed by atoms with Crippen LogP contribution in [0, 0.1) is 5.92 Å². The van der Waals surface area contributed by atoms with Crippen molar-refractivity contribution in [3.8, 4) is 0 Å². The number of hydrogen-bond donors (Lipinski definition) is 2. The molecule has 2 N–H and O–H groups in total. The smallest absolute Gasteiger partial charge is 0.320 e. The van der Waals surface area contributed by atoms with E-state index in [1.165, 1.54) is 0 Å². The van der Waals surface area contributed by atoms with E-state index >= 15 is 0 Å². The molecule has 0 aromatic rings. The summed E-state index contributed by atoms with van der Waals surface area (Å²) in [6, 6.07) is 0.297. The number of aliphatic carboxylic acids is 1. The number of fused-ring (bicyclic) bond motifs is 1. The third-order valence-electron chi connectivity index (χ3n) is 2.33. The van der Waals surface area contributed by atoms with Crippen LogP contribution in [0.3, 0.4) is 0 Å². The van der Waals surface area contributed by atoms with Gasteiger partial charge in [-0.1, -0.05) is 0 Å². The standard InChI is InChI=1S/C6H9NO2.ClH/c8-6(9)5-3-1-4(2-3)7-5;/h3-5,7H,1-2H2,(H,8,9);1H/t3?,4?,5-;/m0./s1. The molecule has 0 unspecified atom stereocenters. The van der Waals surface area contributed by atoms with Crippen LogP contribution in [0.25, 0.3) is 0 Å². The number of carboxylic acid groups (broad SMARTS) is 1. The Morgan fingerprint density at radius 3 is 2.30 bits per heavy atom. The fourth-order valence-electron chi connectivity index (χ4n) is 1.73. The van der Waals surface area contributed by atoms with E-state index in [2.05, 4.69) is 5.32 Å². The minimum absolute atomic E-state index is 0. The van der Waals surface area contributed by atoms with Crippen LogP contribution in [0.15, 0.2) is 0 Å². The molecule has 10 heavy (non-hydrogen) atoms. The van der Waals surface area contributed by atoms with Crippen molar-refractivity contribution in [2.24, 2.45) is 5.92 Å². The Bertz CT molecular complexity index is 156. The lowest BCUT2D eigenvalue weighted by atomic mass is 9.83. The largest absolute Gasteiger partial charge is 0.480 e. The fourth-order valence-corrected chi connectivity index (χ4v) is 1.73. The van der Waals surface area contributed by atoms with Crippen LogP contribution >= 0.6 is 12.4 Å². The van der Waals surface area contributed by atoms with E-state index in [-0.39, 0.29) is 18.4 Å². The van der Waals surface area contributed by atoms with Crippen LogP contribution < -0.4 is 5.32 Å². The minimum Gasteiger partial charge on any atom is -0.480 e. The second-order valence-electron chi connectivity index (χ2n) is 2.91. The molecule has 1 saturated carbocycles. The molecular formula is C6H10ClNO2. The second-order valence-corrected chi connectivity index (χ2v) is 2.91. The predicted molar refractivity (Wildman–Crippen MR) is 38.3 cm³/mol. The molecule has 3 aliphatic rings. The predicted octanol–water partition coefficient (Wildman–Crippen LogP) is 0.243. The van der Waals surface area contributed by atoms with Crippen molar-refractivity contribution < 1.29 is 9.90 Å². The van der Waals surface area contributed by atoms with Gasteiger partial charge in [0.1, 0.15) is 6.04 Å². The molecule has 3 nitrogen and oxygen atoms in total. The van der Waals surface area contributed by atoms with E-state index in [1.54, 1.807) is 0 Å². The molecule has 4 heteroatoms. The van der Waals surface area contributed by atoms with Gasteiger partial charge in [0.15, 0.2) is 0 Å². The SMILES string of the molecule is Cl.O=C(O)[C@H]1NC2CC1C2. The molecule has 1 atom stereocenters. The van der Waals surface area contributed by atoms with E-state index in [9.17, 15) is 4.79 Å². The Labute approximate surface area is 65.2 Å². The maximum absolute atomic E-state index is 10.4. The molecule has 2 bridgehead atoms. The monoisotopic (exact) mass is 163 g/mol. The van der Waals surface area contributed by atoms with Gasteiger partial charge in [-0.3, -0.25) is 4.79 Å². The van der Waals surface area contributed by atoms with Crippen LogP contribution in [-0.2, 0) is 4.79 Å². The zero-order valence-electron chi connectivity index (χ0n) is 5.41. The van der Waals surface area contributed by atoms with E-state index in [0.29, 0.717) is 12.0 Å². The highest BCUT2D eigenvalue weighted by Crippen LogP contribution is 2.37. The van der Waals surface area contributed by atoms with Crippen LogP contribution in [0.2, 0.25) is 0 Å². The van der Waals surface area contributed by atoms with Gasteiger partial charge in [0.2, 0.25) is 0 Å². The molecule has 0 spiro atoms. The first-order valence-corrected chi connectivity index (χ1v) is 3.26. The van der Waals surface area contributed by atoms with Gasteiger partial charge in [0.05, 0.1) is 0 Å². The third-order valence-corrected chi connectivity index (χ3v) is 2.33. The van der Waals surface area contributed by atoms with Crippen molar-refractivity contribution in [3.63, 3.8) is 0 Å². The summed E-state index contributed by atoms with van der Waals surface area (Å²) in [5.41, 5.74) is 0. The highest BCUT2D eigenvalue weighted by molar-refractivity contribution is 5.85. The Morgan fingerprint density at radius 2 is 2.10 bits per heavy atom. The summed E-state index contributed by atoms with van der Waals surface area (Å²) in [5, 5.41) is 11.6. The molecule has 1 aliphatic carbocycles. The van der Waals surface area contributed by atoms with Crippen molar-refractivity contribution in [2.75, 3.05) is 0 Å². The van der Waals surface area contributed by atoms with Crippen molar-refractivity contribution >= 4 is 18.4 Å². The van der Waals surface area contributed by atoms with Gasteiger partial charge in [0, 0.05) is 6.04 Å². The first-order chi connectivity index (χ1) is 4.27. The Kier molecular flexibility index (Phi) is 1.88. The molecule has 0 aromatic heterocycles. The summed E-state index contributed by atoms with van der Waals surface area (Å²) < 4.78 is 0. The summed E-state index contributed by atoms with van der Waals surface area (Å²) in [5.74, 6) is -0.243. The van der Waals surface area contributed by atoms with E-state index in [1.807, 2.05) is 0 Å². The number of carbonyl (C=O) groups is 1. The average Bonchev–Trinajstić information content (AvgIpc) is 2.12. The molecule has 58 valence electrons. The van der Waals surface area contributed by atoms with Crippen molar-refractivity contribution in [2.45, 2.75) is 24.9 Å². The van der Waals surface area contributed by atoms with Gasteiger partial charge in [-0.05, 0) is 18.8 Å². The fraction of sp³-hybridized carbons (Fsp3) is 0.833. The first kappa shape index (κ1) is 7.82. The lowest BCUT2D eigenvalue weighted by Gasteiger charge is -2.20. The minimum atomic E-state index is -0.681. The van der Waals surface area contributed by atoms with Crippen molar-refractivity contribution in [1.29, 1.82) is 0 Å². The van der Waals surface area contributed by atoms with Gasteiger partial charge >= 0.3 is 5.97 Å². The maximum Gasteiger partial charge on any atom is 0.320 e. The highest BCUT2D eigenvalue weighted by atomic mass is 35.5. The number of carboxylic acids is 1. The summed E-state index contributed by atoms with van der Waals surface area (Å²) in [6.07, 6.45) is 2.16. The summed E-state index contributed by atoms with van der Waals surface area (Å²) in [4.78, 5) is 10.4. The van der Waals surface area contributed by atoms with Gasteiger partial charge in [-0.2, -0.15) is 0 Å². The molecule has 3 rings (SSSR count). The van der Waals surface area contributed by atoms with E-state index in [4.69, 9.17) is 5.11 Å². The van der Waals surface area contributed by atoms with Gasteiger partial charge < -0.3 is 10.4 Å². The van der Waals surface area contributed by atoms with Crippen LogP contribution in [0.4, 0.5) is 0 Å². The molecule has 3 fully saturated rings. The molecule has 0 aromatic carbocycles. The summed E-state index contributed by atoms with van der Waals surface area (Å²) >= 11 is 0. The topological polar surface area (TPSA) is 49.3 Å². The zero-order chi connectivity index (χ0) is 6.43. The number of halogens is 1. The van der Waals surface area contributed by atoms with Crippen LogP contribution in [-0.4, -0.2) is 23.2 Å². The van der Waals surface area contributed by atoms with E-state index < -0.39 is 5.97 Å². The van der Waals surface area contributed by atoms with Crippen LogP contribution in [0.1, 0.15) is 12.8 Å². The summed E-state index contributed by atoms with van der Waals surface area (Å²) in [6.45, 7) is 0. The van der Waals surface area contributed by atoms with Gasteiger partial charge in [-0.15, -0.1) is 12.4 Å². The van der Waals surface area contributed by atoms with Crippen molar-refractivity contribution in [1.82, 2.24) is 5.32 Å². The Hall–Kier alpha value is -0.280. The average molecular weight is 164 g/mol. The Morgan fingerprint density at radius 1 is 1.50 bits per heavy atom. The molecule has 2 heterocycles. The summed E-state index contributed by atoms with van der Waals surface area (Å²) in [7, 11) is 0. The highest BCUT2D eigenvalue weighted by Gasteiger charge is 2.47. The lowest BCUT2D eigenvalue weighted by molar-refractivity contribution is -0.139. The normalized spacial score (nSPS) is 41.8. The molecule has 0 amide bonds. The number of nitrogens with one attached hydrogen (secondary N) is 1. The first-order valence-electron chi connectivity index (χ1n) is 3.26. The molecular weight excluding hydrogens is 154 g/mol. The maximum atomic E-state index is 10.4. The second kappa shape index (κ2) is 2.40. The van der Waals surface area contributed by atoms with Crippen LogP contribution in [0.5, 0.6) is 0 Å². The zero-order valence-corrected chi connectivity index (χ0v) is 6.23. The molecule has 2 aliphatic heterocycles. The third kappa shape index (κ3) is 0.896. The number of rotatable bonds is 1. The molecule has 0 radical (unpaired) electrons. The quantitative estimate of drug-likeness (QED) is 0.583. The Balaban J connectivity index is 0.000000500. The van der Waals surface area contributed by atoms with Gasteiger partial charge in [0.25, 0.3) is 0 Å². The van der Waals surface area contributed by atoms with E-state index in [0.717, 1.165) is 12.8 Å². The number of hydrogen-bond acceptors (Lipinski definition) is 2.